The van der Waals surface area contributed by atoms with Crippen LogP contribution in [0.3, 0.4) is 0 Å². The third-order valence-electron chi connectivity index (χ3n) is 3.75. The molecule has 0 radical (unpaired) electrons. The van der Waals surface area contributed by atoms with Crippen molar-refractivity contribution < 1.29 is 14.6 Å². The zero-order valence-corrected chi connectivity index (χ0v) is 14.1. The first-order chi connectivity index (χ1) is 11.5. The summed E-state index contributed by atoms with van der Waals surface area (Å²) in [6.07, 6.45) is 1.64. The van der Waals surface area contributed by atoms with Gasteiger partial charge in [-0.25, -0.2) is 0 Å². The molecule has 1 heterocycles. The molecule has 2 N–H and O–H groups in total. The second-order valence-electron chi connectivity index (χ2n) is 5.35. The third kappa shape index (κ3) is 2.83. The van der Waals surface area contributed by atoms with Gasteiger partial charge in [-0.05, 0) is 54.5 Å². The molecule has 0 saturated carbocycles. The molecular formula is C18H16N2O3S. The molecule has 122 valence electrons. The summed E-state index contributed by atoms with van der Waals surface area (Å²) in [5.41, 5.74) is 2.73. The molecule has 1 aliphatic rings. The van der Waals surface area contributed by atoms with E-state index in [1.807, 2.05) is 31.2 Å². The van der Waals surface area contributed by atoms with Gasteiger partial charge >= 0.3 is 0 Å². The van der Waals surface area contributed by atoms with Gasteiger partial charge in [-0.1, -0.05) is 24.3 Å². The van der Waals surface area contributed by atoms with E-state index in [9.17, 15) is 9.90 Å². The van der Waals surface area contributed by atoms with Gasteiger partial charge in [-0.15, -0.1) is 0 Å². The Morgan fingerprint density at radius 3 is 2.67 bits per heavy atom. The number of thiocarbonyl (C=S) groups is 1. The monoisotopic (exact) mass is 340 g/mol. The number of benzene rings is 2. The summed E-state index contributed by atoms with van der Waals surface area (Å²) in [5, 5.41) is 13.1. The number of methoxy groups -OCH3 is 1. The second kappa shape index (κ2) is 6.33. The first-order valence-corrected chi connectivity index (χ1v) is 7.72. The van der Waals surface area contributed by atoms with Crippen molar-refractivity contribution in [3.8, 4) is 11.5 Å². The zero-order valence-electron chi connectivity index (χ0n) is 13.2. The number of ether oxygens (including phenoxy) is 1. The minimum absolute atomic E-state index is 0.00984. The smallest absolute Gasteiger partial charge is 0.281 e. The summed E-state index contributed by atoms with van der Waals surface area (Å²) in [6.45, 7) is 1.93. The maximum atomic E-state index is 12.7. The lowest BCUT2D eigenvalue weighted by molar-refractivity contribution is -0.113. The van der Waals surface area contributed by atoms with Crippen LogP contribution in [0, 0.1) is 6.92 Å². The maximum Gasteiger partial charge on any atom is 0.281 e. The van der Waals surface area contributed by atoms with Gasteiger partial charge in [0.1, 0.15) is 5.70 Å². The van der Waals surface area contributed by atoms with Gasteiger partial charge in [0.2, 0.25) is 0 Å². The van der Waals surface area contributed by atoms with Crippen LogP contribution in [-0.4, -0.2) is 23.2 Å². The Morgan fingerprint density at radius 2 is 2.00 bits per heavy atom. The molecule has 1 aliphatic heterocycles. The van der Waals surface area contributed by atoms with Crippen molar-refractivity contribution in [2.75, 3.05) is 12.0 Å². The van der Waals surface area contributed by atoms with Crippen LogP contribution in [0.15, 0.2) is 48.2 Å². The van der Waals surface area contributed by atoms with Crippen LogP contribution in [0.2, 0.25) is 0 Å². The van der Waals surface area contributed by atoms with E-state index in [1.165, 1.54) is 18.1 Å². The predicted molar refractivity (Wildman–Crippen MR) is 97.0 cm³/mol. The number of hydrogen-bond acceptors (Lipinski definition) is 4. The van der Waals surface area contributed by atoms with Gasteiger partial charge in [-0.3, -0.25) is 9.69 Å². The lowest BCUT2D eigenvalue weighted by Gasteiger charge is -2.16. The van der Waals surface area contributed by atoms with Crippen molar-refractivity contribution in [1.29, 1.82) is 0 Å². The predicted octanol–water partition coefficient (Wildman–Crippen LogP) is 2.97. The Kier molecular flexibility index (Phi) is 4.22. The van der Waals surface area contributed by atoms with E-state index >= 15 is 0 Å². The number of para-hydroxylation sites is 1. The molecule has 24 heavy (non-hydrogen) atoms. The maximum absolute atomic E-state index is 12.7. The highest BCUT2D eigenvalue weighted by Crippen LogP contribution is 2.29. The van der Waals surface area contributed by atoms with E-state index in [1.54, 1.807) is 18.2 Å². The van der Waals surface area contributed by atoms with Crippen molar-refractivity contribution in [3.05, 3.63) is 59.3 Å². The molecular weight excluding hydrogens is 324 g/mol. The average molecular weight is 340 g/mol. The van der Waals surface area contributed by atoms with Gasteiger partial charge in [0, 0.05) is 0 Å². The molecule has 1 fully saturated rings. The molecule has 0 spiro atoms. The zero-order chi connectivity index (χ0) is 17.3. The highest BCUT2D eigenvalue weighted by molar-refractivity contribution is 7.80. The SMILES string of the molecule is COc1ccc(/C=C2\NC(=S)N(c3ccccc3C)C2=O)cc1O. The molecule has 5 nitrogen and oxygen atoms in total. The summed E-state index contributed by atoms with van der Waals surface area (Å²) >= 11 is 5.30. The minimum atomic E-state index is -0.232. The molecule has 0 bridgehead atoms. The van der Waals surface area contributed by atoms with Gasteiger partial charge in [0.25, 0.3) is 5.91 Å². The topological polar surface area (TPSA) is 61.8 Å². The summed E-state index contributed by atoms with van der Waals surface area (Å²) in [5.74, 6) is 0.153. The number of nitrogens with one attached hydrogen (secondary N) is 1. The Labute approximate surface area is 145 Å². The summed E-state index contributed by atoms with van der Waals surface area (Å²) in [6, 6.07) is 12.5. The standard InChI is InChI=1S/C18H16N2O3S/c1-11-5-3-4-6-14(11)20-17(22)13(19-18(20)24)9-12-7-8-16(23-2)15(21)10-12/h3-10,21H,1-2H3,(H,19,24)/b13-9-. The van der Waals surface area contributed by atoms with E-state index in [0.717, 1.165) is 11.3 Å². The van der Waals surface area contributed by atoms with Crippen LogP contribution in [0.1, 0.15) is 11.1 Å². The quantitative estimate of drug-likeness (QED) is 0.664. The van der Waals surface area contributed by atoms with Crippen molar-refractivity contribution in [1.82, 2.24) is 5.32 Å². The number of anilines is 1. The number of nitrogens with zero attached hydrogens (tertiary/aromatic N) is 1. The molecule has 2 aromatic carbocycles. The van der Waals surface area contributed by atoms with E-state index in [2.05, 4.69) is 5.32 Å². The van der Waals surface area contributed by atoms with Crippen molar-refractivity contribution >= 4 is 35.0 Å². The van der Waals surface area contributed by atoms with Crippen LogP contribution in [-0.2, 0) is 4.79 Å². The Morgan fingerprint density at radius 1 is 1.25 bits per heavy atom. The van der Waals surface area contributed by atoms with Crippen molar-refractivity contribution in [3.63, 3.8) is 0 Å². The van der Waals surface area contributed by atoms with E-state index in [4.69, 9.17) is 17.0 Å². The summed E-state index contributed by atoms with van der Waals surface area (Å²) in [4.78, 5) is 14.2. The van der Waals surface area contributed by atoms with Gasteiger partial charge in [0.15, 0.2) is 16.6 Å². The number of phenolic OH excluding ortho intramolecular Hbond substituents is 1. The molecule has 2 aromatic rings. The molecule has 3 rings (SSSR count). The molecule has 0 atom stereocenters. The van der Waals surface area contributed by atoms with E-state index < -0.39 is 0 Å². The number of hydrogen-bond donors (Lipinski definition) is 2. The first-order valence-electron chi connectivity index (χ1n) is 7.31. The molecule has 0 aromatic heterocycles. The minimum Gasteiger partial charge on any atom is -0.504 e. The third-order valence-corrected chi connectivity index (χ3v) is 4.03. The number of aromatic hydroxyl groups is 1. The molecule has 1 saturated heterocycles. The van der Waals surface area contributed by atoms with Crippen LogP contribution >= 0.6 is 12.2 Å². The highest BCUT2D eigenvalue weighted by Gasteiger charge is 2.32. The van der Waals surface area contributed by atoms with Crippen LogP contribution < -0.4 is 15.0 Å². The Balaban J connectivity index is 1.94. The van der Waals surface area contributed by atoms with E-state index in [-0.39, 0.29) is 11.7 Å². The number of aryl methyl sites for hydroxylation is 1. The lowest BCUT2D eigenvalue weighted by Crippen LogP contribution is -2.30. The fourth-order valence-electron chi connectivity index (χ4n) is 2.53. The average Bonchev–Trinajstić information content (AvgIpc) is 2.82. The molecule has 6 heteroatoms. The number of rotatable bonds is 3. The number of carbonyl (C=O) groups is 1. The fraction of sp³-hybridized carbons (Fsp3) is 0.111. The largest absolute Gasteiger partial charge is 0.504 e. The molecule has 1 amide bonds. The van der Waals surface area contributed by atoms with Crippen LogP contribution in [0.25, 0.3) is 6.08 Å². The number of amides is 1. The summed E-state index contributed by atoms with van der Waals surface area (Å²) in [7, 11) is 1.48. The lowest BCUT2D eigenvalue weighted by atomic mass is 10.1. The number of phenols is 1. The molecule has 0 unspecified atom stereocenters. The van der Waals surface area contributed by atoms with Crippen molar-refractivity contribution in [2.45, 2.75) is 6.92 Å². The van der Waals surface area contributed by atoms with Gasteiger partial charge in [0.05, 0.1) is 12.8 Å². The van der Waals surface area contributed by atoms with Gasteiger partial charge in [-0.2, -0.15) is 0 Å². The fourth-order valence-corrected chi connectivity index (χ4v) is 2.82. The van der Waals surface area contributed by atoms with Crippen LogP contribution in [0.4, 0.5) is 5.69 Å². The van der Waals surface area contributed by atoms with Crippen LogP contribution in [0.5, 0.6) is 11.5 Å². The van der Waals surface area contributed by atoms with Gasteiger partial charge < -0.3 is 15.2 Å². The molecule has 0 aliphatic carbocycles. The highest BCUT2D eigenvalue weighted by atomic mass is 32.1. The van der Waals surface area contributed by atoms with Crippen molar-refractivity contribution in [2.24, 2.45) is 0 Å². The normalized spacial score (nSPS) is 15.8. The van der Waals surface area contributed by atoms with E-state index in [0.29, 0.717) is 22.1 Å². The Bertz CT molecular complexity index is 861. The second-order valence-corrected chi connectivity index (χ2v) is 5.73. The summed E-state index contributed by atoms with van der Waals surface area (Å²) < 4.78 is 5.01. The first kappa shape index (κ1) is 16.0. The number of carbonyl (C=O) groups excluding carboxylic acids is 1. The Hall–Kier alpha value is -2.86.